The first-order valence-electron chi connectivity index (χ1n) is 13.8. The molecule has 1 amide bonds. The molecule has 2 fully saturated rings. The molecule has 6 rings (SSSR count). The lowest BCUT2D eigenvalue weighted by molar-refractivity contribution is -0.138. The van der Waals surface area contributed by atoms with Gasteiger partial charge in [-0.2, -0.15) is 13.2 Å². The monoisotopic (exact) mass is 671 g/mol. The molecule has 8 nitrogen and oxygen atoms in total. The van der Waals surface area contributed by atoms with Crippen LogP contribution in [0.4, 0.5) is 23.2 Å². The van der Waals surface area contributed by atoms with Crippen LogP contribution < -0.4 is 9.62 Å². The highest BCUT2D eigenvalue weighted by Gasteiger charge is 2.61. The Morgan fingerprint density at radius 2 is 1.73 bits per heavy atom. The van der Waals surface area contributed by atoms with Crippen molar-refractivity contribution in [2.45, 2.75) is 54.8 Å². The van der Waals surface area contributed by atoms with Gasteiger partial charge in [0.05, 0.1) is 56.5 Å². The van der Waals surface area contributed by atoms with E-state index in [1.165, 1.54) is 22.6 Å². The van der Waals surface area contributed by atoms with E-state index in [0.29, 0.717) is 18.4 Å². The number of anilines is 1. The number of benzene rings is 2. The number of pyridine rings is 1. The van der Waals surface area contributed by atoms with Gasteiger partial charge in [-0.3, -0.25) is 14.1 Å². The number of halogens is 5. The number of carbonyl (C=O) groups is 1. The van der Waals surface area contributed by atoms with E-state index in [9.17, 15) is 39.2 Å². The minimum absolute atomic E-state index is 0.0621. The average Bonchev–Trinajstić information content (AvgIpc) is 3.76. The van der Waals surface area contributed by atoms with Gasteiger partial charge < -0.3 is 5.32 Å². The summed E-state index contributed by atoms with van der Waals surface area (Å²) in [6.45, 7) is -0.554. The highest BCUT2D eigenvalue weighted by atomic mass is 35.5. The van der Waals surface area contributed by atoms with Crippen molar-refractivity contribution in [3.8, 4) is 0 Å². The molecule has 234 valence electrons. The molecule has 1 aromatic heterocycles. The highest BCUT2D eigenvalue weighted by Crippen LogP contribution is 2.61. The number of aromatic nitrogens is 1. The fourth-order valence-electron chi connectivity index (χ4n) is 6.52. The predicted octanol–water partition coefficient (Wildman–Crippen LogP) is 5.26. The topological polar surface area (TPSA) is 114 Å². The predicted molar refractivity (Wildman–Crippen MR) is 154 cm³/mol. The summed E-state index contributed by atoms with van der Waals surface area (Å²) in [5, 5.41) is 2.34. The molecule has 3 aromatic rings. The smallest absolute Gasteiger partial charge is 0.346 e. The second-order valence-electron chi connectivity index (χ2n) is 11.3. The summed E-state index contributed by atoms with van der Waals surface area (Å²) >= 11 is 6.92. The van der Waals surface area contributed by atoms with Crippen molar-refractivity contribution in [3.05, 3.63) is 88.0 Å². The number of hydrogen-bond acceptors (Lipinski definition) is 6. The number of sulfone groups is 1. The second kappa shape index (κ2) is 10.7. The van der Waals surface area contributed by atoms with Crippen molar-refractivity contribution in [1.82, 2.24) is 10.3 Å². The Balaban J connectivity index is 1.45. The molecule has 1 unspecified atom stereocenters. The molecular formula is C29H26ClF4N3O5S2. The van der Waals surface area contributed by atoms with Crippen LogP contribution in [0.5, 0.6) is 0 Å². The molecule has 15 heteroatoms. The molecule has 2 aliphatic heterocycles. The zero-order valence-corrected chi connectivity index (χ0v) is 25.3. The molecule has 1 aliphatic carbocycles. The van der Waals surface area contributed by atoms with Gasteiger partial charge >= 0.3 is 6.18 Å². The minimum atomic E-state index is -4.69. The van der Waals surface area contributed by atoms with E-state index in [2.05, 4.69) is 10.3 Å². The van der Waals surface area contributed by atoms with Gasteiger partial charge in [0.15, 0.2) is 0 Å². The van der Waals surface area contributed by atoms with E-state index in [4.69, 9.17) is 11.6 Å². The van der Waals surface area contributed by atoms with Gasteiger partial charge in [-0.05, 0) is 80.1 Å². The van der Waals surface area contributed by atoms with E-state index in [-0.39, 0.29) is 51.4 Å². The SMILES string of the molecule is O=C(NCc1ncccc1C(F)(F)F)c1ccc2c(c1Cl)C1(CCS(=O)(=O)CC1)C(C1CC1)N2S(=O)(=O)c1ccc(F)cc1. The van der Waals surface area contributed by atoms with Gasteiger partial charge in [-0.1, -0.05) is 11.6 Å². The van der Waals surface area contributed by atoms with E-state index in [1.807, 2.05) is 0 Å². The Morgan fingerprint density at radius 1 is 1.07 bits per heavy atom. The molecule has 1 atom stereocenters. The first-order chi connectivity index (χ1) is 20.7. The summed E-state index contributed by atoms with van der Waals surface area (Å²) < 4.78 is 109. The summed E-state index contributed by atoms with van der Waals surface area (Å²) in [5.41, 5.74) is -2.04. The molecule has 1 saturated heterocycles. The molecule has 3 heterocycles. The summed E-state index contributed by atoms with van der Waals surface area (Å²) in [6.07, 6.45) is -2.00. The lowest BCUT2D eigenvalue weighted by Crippen LogP contribution is -2.52. The van der Waals surface area contributed by atoms with Crippen molar-refractivity contribution >= 4 is 43.1 Å². The molecule has 3 aliphatic rings. The largest absolute Gasteiger partial charge is 0.418 e. The number of nitrogens with zero attached hydrogens (tertiary/aromatic N) is 2. The van der Waals surface area contributed by atoms with Gasteiger partial charge in [-0.25, -0.2) is 21.2 Å². The maximum Gasteiger partial charge on any atom is 0.418 e. The maximum absolute atomic E-state index is 14.2. The average molecular weight is 672 g/mol. The van der Waals surface area contributed by atoms with Crippen LogP contribution in [0.15, 0.2) is 59.6 Å². The van der Waals surface area contributed by atoms with E-state index in [1.54, 1.807) is 0 Å². The van der Waals surface area contributed by atoms with Crippen LogP contribution in [-0.2, 0) is 38.0 Å². The number of rotatable bonds is 6. The number of amides is 1. The standard InChI is InChI=1S/C29H26ClF4N3O5S2/c30-25-20(27(38)36-16-22-21(29(32,33)34)2-1-13-35-22)9-10-23-24(25)28(11-14-43(39,40)15-12-28)26(17-3-4-17)37(23)44(41,42)19-7-5-18(31)6-8-19/h1-2,5-10,13,17,26H,3-4,11-12,14-16H2,(H,36,38). The number of nitrogens with one attached hydrogen (secondary N) is 1. The number of hydrogen-bond donors (Lipinski definition) is 1. The third-order valence-electron chi connectivity index (χ3n) is 8.69. The van der Waals surface area contributed by atoms with Gasteiger partial charge in [0, 0.05) is 17.2 Å². The van der Waals surface area contributed by atoms with Crippen LogP contribution in [0.1, 0.15) is 52.9 Å². The molecule has 0 radical (unpaired) electrons. The molecule has 1 N–H and O–H groups in total. The van der Waals surface area contributed by atoms with E-state index < -0.39 is 67.0 Å². The van der Waals surface area contributed by atoms with Crippen LogP contribution in [0.25, 0.3) is 0 Å². The van der Waals surface area contributed by atoms with Crippen LogP contribution in [0.3, 0.4) is 0 Å². The van der Waals surface area contributed by atoms with Gasteiger partial charge in [0.1, 0.15) is 15.7 Å². The molecule has 0 bridgehead atoms. The third-order valence-corrected chi connectivity index (χ3v) is 12.5. The zero-order valence-electron chi connectivity index (χ0n) is 22.9. The second-order valence-corrected chi connectivity index (χ2v) is 15.8. The van der Waals surface area contributed by atoms with Crippen LogP contribution in [0.2, 0.25) is 5.02 Å². The lowest BCUT2D eigenvalue weighted by atomic mass is 9.70. The Morgan fingerprint density at radius 3 is 2.34 bits per heavy atom. The third kappa shape index (κ3) is 5.24. The van der Waals surface area contributed by atoms with Crippen molar-refractivity contribution in [1.29, 1.82) is 0 Å². The number of fused-ring (bicyclic) bond motifs is 2. The Hall–Kier alpha value is -3.23. The quantitative estimate of drug-likeness (QED) is 0.358. The number of sulfonamides is 1. The normalized spacial score (nSPS) is 20.8. The van der Waals surface area contributed by atoms with Gasteiger partial charge in [-0.15, -0.1) is 0 Å². The summed E-state index contributed by atoms with van der Waals surface area (Å²) in [5.74, 6) is -1.97. The zero-order chi connectivity index (χ0) is 31.7. The van der Waals surface area contributed by atoms with E-state index >= 15 is 0 Å². The Kier molecular flexibility index (Phi) is 7.48. The number of alkyl halides is 3. The van der Waals surface area contributed by atoms with Gasteiger partial charge in [0.2, 0.25) is 0 Å². The van der Waals surface area contributed by atoms with Crippen molar-refractivity contribution in [2.24, 2.45) is 5.92 Å². The van der Waals surface area contributed by atoms with Crippen LogP contribution in [0, 0.1) is 11.7 Å². The Labute approximate surface area is 256 Å². The minimum Gasteiger partial charge on any atom is -0.346 e. The number of carbonyl (C=O) groups excluding carboxylic acids is 1. The first-order valence-corrected chi connectivity index (χ1v) is 17.4. The van der Waals surface area contributed by atoms with Crippen molar-refractivity contribution in [3.63, 3.8) is 0 Å². The van der Waals surface area contributed by atoms with Crippen molar-refractivity contribution in [2.75, 3.05) is 15.8 Å². The maximum atomic E-state index is 14.2. The fourth-order valence-corrected chi connectivity index (χ4v) is 10.3. The molecule has 1 spiro atoms. The first kappa shape index (κ1) is 30.8. The summed E-state index contributed by atoms with van der Waals surface area (Å²) in [4.78, 5) is 17.0. The van der Waals surface area contributed by atoms with Crippen molar-refractivity contribution < 1.29 is 39.2 Å². The van der Waals surface area contributed by atoms with Crippen LogP contribution in [-0.4, -0.2) is 45.3 Å². The molecule has 1 saturated carbocycles. The molecule has 44 heavy (non-hydrogen) atoms. The summed E-state index contributed by atoms with van der Waals surface area (Å²) in [6, 6.07) is 8.38. The Bertz CT molecular complexity index is 1850. The van der Waals surface area contributed by atoms with Crippen LogP contribution >= 0.6 is 11.6 Å². The molecule has 2 aromatic carbocycles. The summed E-state index contributed by atoms with van der Waals surface area (Å²) in [7, 11) is -7.71. The van der Waals surface area contributed by atoms with E-state index in [0.717, 1.165) is 36.4 Å². The fraction of sp³-hybridized carbons (Fsp3) is 0.379. The lowest BCUT2D eigenvalue weighted by Gasteiger charge is -2.42. The van der Waals surface area contributed by atoms with Gasteiger partial charge in [0.25, 0.3) is 15.9 Å². The highest BCUT2D eigenvalue weighted by molar-refractivity contribution is 7.93. The molecular weight excluding hydrogens is 646 g/mol.